The third kappa shape index (κ3) is 4.54. The Morgan fingerprint density at radius 1 is 1.40 bits per heavy atom. The molecule has 0 radical (unpaired) electrons. The molecule has 0 bridgehead atoms. The smallest absolute Gasteiger partial charge is 0.122 e. The second kappa shape index (κ2) is 7.26. The van der Waals surface area contributed by atoms with Crippen molar-refractivity contribution in [2.24, 2.45) is 0 Å². The van der Waals surface area contributed by atoms with Crippen molar-refractivity contribution >= 4 is 35.0 Å². The first-order valence-corrected chi connectivity index (χ1v) is 6.80. The zero-order valence-electron chi connectivity index (χ0n) is 8.63. The average molecular weight is 265 g/mol. The van der Waals surface area contributed by atoms with Crippen LogP contribution in [0.25, 0.3) is 0 Å². The fourth-order valence-corrected chi connectivity index (χ4v) is 2.62. The quantitative estimate of drug-likeness (QED) is 0.563. The van der Waals surface area contributed by atoms with E-state index in [-0.39, 0.29) is 0 Å². The van der Waals surface area contributed by atoms with Crippen LogP contribution >= 0.6 is 35.0 Å². The van der Waals surface area contributed by atoms with Crippen molar-refractivity contribution in [1.29, 1.82) is 0 Å². The number of methoxy groups -OCH3 is 1. The van der Waals surface area contributed by atoms with Crippen molar-refractivity contribution in [3.05, 3.63) is 28.8 Å². The highest BCUT2D eigenvalue weighted by atomic mass is 35.5. The van der Waals surface area contributed by atoms with Gasteiger partial charge in [0.1, 0.15) is 5.75 Å². The van der Waals surface area contributed by atoms with Gasteiger partial charge in [0.15, 0.2) is 0 Å². The Bertz CT molecular complexity index is 305. The molecule has 0 N–H and O–H groups in total. The minimum Gasteiger partial charge on any atom is -0.496 e. The highest BCUT2D eigenvalue weighted by Gasteiger charge is 2.03. The molecule has 84 valence electrons. The van der Waals surface area contributed by atoms with E-state index in [1.807, 2.05) is 30.0 Å². The third-order valence-corrected chi connectivity index (χ3v) is 3.52. The molecule has 4 heteroatoms. The number of halogens is 2. The summed E-state index contributed by atoms with van der Waals surface area (Å²) >= 11 is 13.4. The van der Waals surface area contributed by atoms with E-state index in [2.05, 4.69) is 0 Å². The van der Waals surface area contributed by atoms with Crippen LogP contribution in [0, 0.1) is 0 Å². The zero-order valence-corrected chi connectivity index (χ0v) is 11.0. The molecule has 1 rings (SSSR count). The molecule has 1 aromatic carbocycles. The lowest BCUT2D eigenvalue weighted by molar-refractivity contribution is 0.411. The number of benzene rings is 1. The van der Waals surface area contributed by atoms with Gasteiger partial charge in [-0.1, -0.05) is 11.6 Å². The maximum Gasteiger partial charge on any atom is 0.122 e. The molecule has 1 nitrogen and oxygen atoms in total. The predicted molar refractivity (Wildman–Crippen MR) is 69.5 cm³/mol. The summed E-state index contributed by atoms with van der Waals surface area (Å²) in [4.78, 5) is 0. The SMILES string of the molecule is COc1ccc(Cl)cc1CSCCCCl. The lowest BCUT2D eigenvalue weighted by Crippen LogP contribution is -1.91. The Morgan fingerprint density at radius 3 is 2.87 bits per heavy atom. The summed E-state index contributed by atoms with van der Waals surface area (Å²) in [6.07, 6.45) is 1.04. The summed E-state index contributed by atoms with van der Waals surface area (Å²) in [6, 6.07) is 5.70. The molecule has 0 amide bonds. The van der Waals surface area contributed by atoms with E-state index in [0.29, 0.717) is 0 Å². The highest BCUT2D eigenvalue weighted by Crippen LogP contribution is 2.26. The lowest BCUT2D eigenvalue weighted by atomic mass is 10.2. The van der Waals surface area contributed by atoms with Crippen LogP contribution in [0.2, 0.25) is 5.02 Å². The van der Waals surface area contributed by atoms with Crippen LogP contribution in [0.4, 0.5) is 0 Å². The normalized spacial score (nSPS) is 10.3. The average Bonchev–Trinajstić information content (AvgIpc) is 2.25. The van der Waals surface area contributed by atoms with Gasteiger partial charge in [0.2, 0.25) is 0 Å². The van der Waals surface area contributed by atoms with Gasteiger partial charge in [-0.3, -0.25) is 0 Å². The van der Waals surface area contributed by atoms with Gasteiger partial charge in [-0.05, 0) is 30.4 Å². The minimum absolute atomic E-state index is 0.722. The summed E-state index contributed by atoms with van der Waals surface area (Å²) in [5.41, 5.74) is 1.14. The summed E-state index contributed by atoms with van der Waals surface area (Å²) in [7, 11) is 1.68. The van der Waals surface area contributed by atoms with Gasteiger partial charge in [0, 0.05) is 22.2 Å². The van der Waals surface area contributed by atoms with Gasteiger partial charge in [0.25, 0.3) is 0 Å². The van der Waals surface area contributed by atoms with E-state index in [1.54, 1.807) is 7.11 Å². The van der Waals surface area contributed by atoms with Crippen LogP contribution in [0.15, 0.2) is 18.2 Å². The third-order valence-electron chi connectivity index (χ3n) is 1.92. The molecular weight excluding hydrogens is 251 g/mol. The number of hydrogen-bond acceptors (Lipinski definition) is 2. The minimum atomic E-state index is 0.722. The molecule has 0 saturated carbocycles. The van der Waals surface area contributed by atoms with Crippen molar-refractivity contribution < 1.29 is 4.74 Å². The molecule has 0 atom stereocenters. The molecule has 15 heavy (non-hydrogen) atoms. The summed E-state index contributed by atoms with van der Waals surface area (Å²) < 4.78 is 5.26. The standard InChI is InChI=1S/C11H14Cl2OS/c1-14-11-4-3-10(13)7-9(11)8-15-6-2-5-12/h3-4,7H,2,5-6,8H2,1H3. The topological polar surface area (TPSA) is 9.23 Å². The first-order chi connectivity index (χ1) is 7.27. The Hall–Kier alpha value is -0.0500. The van der Waals surface area contributed by atoms with Crippen LogP contribution < -0.4 is 4.74 Å². The molecule has 1 aromatic rings. The van der Waals surface area contributed by atoms with Gasteiger partial charge < -0.3 is 4.74 Å². The van der Waals surface area contributed by atoms with Crippen molar-refractivity contribution in [2.45, 2.75) is 12.2 Å². The Balaban J connectivity index is 2.54. The second-order valence-corrected chi connectivity index (χ2v) is 4.97. The number of thioether (sulfide) groups is 1. The molecule has 0 heterocycles. The summed E-state index contributed by atoms with van der Waals surface area (Å²) in [5, 5.41) is 0.753. The maximum absolute atomic E-state index is 5.93. The van der Waals surface area contributed by atoms with Crippen LogP contribution in [-0.2, 0) is 5.75 Å². The highest BCUT2D eigenvalue weighted by molar-refractivity contribution is 7.98. The predicted octanol–water partition coefficient (Wildman–Crippen LogP) is 4.21. The van der Waals surface area contributed by atoms with Crippen molar-refractivity contribution in [1.82, 2.24) is 0 Å². The Kier molecular flexibility index (Phi) is 6.30. The number of rotatable bonds is 6. The second-order valence-electron chi connectivity index (χ2n) is 3.05. The number of alkyl halides is 1. The van der Waals surface area contributed by atoms with Crippen molar-refractivity contribution in [3.8, 4) is 5.75 Å². The monoisotopic (exact) mass is 264 g/mol. The van der Waals surface area contributed by atoms with E-state index in [0.717, 1.165) is 40.1 Å². The number of hydrogen-bond donors (Lipinski definition) is 0. The maximum atomic E-state index is 5.93. The van der Waals surface area contributed by atoms with E-state index in [9.17, 15) is 0 Å². The van der Waals surface area contributed by atoms with Crippen molar-refractivity contribution in [2.75, 3.05) is 18.7 Å². The van der Waals surface area contributed by atoms with Crippen LogP contribution in [-0.4, -0.2) is 18.7 Å². The number of ether oxygens (including phenoxy) is 1. The van der Waals surface area contributed by atoms with Crippen LogP contribution in [0.5, 0.6) is 5.75 Å². The zero-order chi connectivity index (χ0) is 11.1. The molecule has 0 saturated heterocycles. The summed E-state index contributed by atoms with van der Waals surface area (Å²) in [6.45, 7) is 0. The van der Waals surface area contributed by atoms with Crippen LogP contribution in [0.1, 0.15) is 12.0 Å². The Labute approximate surface area is 105 Å². The Morgan fingerprint density at radius 2 is 2.20 bits per heavy atom. The van der Waals surface area contributed by atoms with E-state index in [1.165, 1.54) is 0 Å². The lowest BCUT2D eigenvalue weighted by Gasteiger charge is -2.08. The summed E-state index contributed by atoms with van der Waals surface area (Å²) in [5.74, 6) is 3.61. The van der Waals surface area contributed by atoms with Crippen LogP contribution in [0.3, 0.4) is 0 Å². The molecule has 0 aliphatic carbocycles. The van der Waals surface area contributed by atoms with E-state index >= 15 is 0 Å². The first-order valence-electron chi connectivity index (χ1n) is 4.74. The van der Waals surface area contributed by atoms with Gasteiger partial charge >= 0.3 is 0 Å². The fraction of sp³-hybridized carbons (Fsp3) is 0.455. The molecular formula is C11H14Cl2OS. The largest absolute Gasteiger partial charge is 0.496 e. The first kappa shape index (κ1) is 13.0. The molecule has 0 fully saturated rings. The van der Waals surface area contributed by atoms with Gasteiger partial charge in [-0.25, -0.2) is 0 Å². The van der Waals surface area contributed by atoms with E-state index < -0.39 is 0 Å². The fourth-order valence-electron chi connectivity index (χ4n) is 1.20. The van der Waals surface area contributed by atoms with Gasteiger partial charge in [-0.15, -0.1) is 11.6 Å². The molecule has 0 aromatic heterocycles. The molecule has 0 aliphatic heterocycles. The molecule has 0 unspecified atom stereocenters. The van der Waals surface area contributed by atoms with E-state index in [4.69, 9.17) is 27.9 Å². The molecule has 0 spiro atoms. The van der Waals surface area contributed by atoms with Gasteiger partial charge in [0.05, 0.1) is 7.11 Å². The van der Waals surface area contributed by atoms with Gasteiger partial charge in [-0.2, -0.15) is 11.8 Å². The van der Waals surface area contributed by atoms with Crippen molar-refractivity contribution in [3.63, 3.8) is 0 Å². The molecule has 0 aliphatic rings.